The van der Waals surface area contributed by atoms with Gasteiger partial charge in [0, 0.05) is 17.3 Å². The summed E-state index contributed by atoms with van der Waals surface area (Å²) < 4.78 is 50.1. The Morgan fingerprint density at radius 3 is 2.12 bits per heavy atom. The van der Waals surface area contributed by atoms with Crippen LogP contribution in [0.4, 0.5) is 0 Å². The first-order chi connectivity index (χ1) is 11.1. The molecule has 0 radical (unpaired) electrons. The molecule has 0 aliphatic rings. The summed E-state index contributed by atoms with van der Waals surface area (Å²) in [6.07, 6.45) is 1.12. The summed E-state index contributed by atoms with van der Waals surface area (Å²) >= 11 is 5.99. The summed E-state index contributed by atoms with van der Waals surface area (Å²) in [6, 6.07) is 12.4. The van der Waals surface area contributed by atoms with Crippen molar-refractivity contribution in [2.45, 2.75) is 23.6 Å². The summed E-state index contributed by atoms with van der Waals surface area (Å²) in [4.78, 5) is 0.192. The number of sulfonamides is 1. The molecule has 2 aromatic rings. The number of hydrogen-bond donors (Lipinski definition) is 1. The standard InChI is InChI=1S/C16H18ClNO4S2/c1-12(13-7-9-15(10-8-13)23(2,19)20)18-24(21,22)11-14-5-3-4-6-16(14)17/h3-10,12,18H,11H2,1-2H3. The van der Waals surface area contributed by atoms with Gasteiger partial charge in [0.1, 0.15) is 0 Å². The monoisotopic (exact) mass is 387 g/mol. The zero-order valence-corrected chi connectivity index (χ0v) is 15.6. The molecule has 5 nitrogen and oxygen atoms in total. The summed E-state index contributed by atoms with van der Waals surface area (Å²) in [7, 11) is -6.87. The fourth-order valence-corrected chi connectivity index (χ4v) is 4.53. The lowest BCUT2D eigenvalue weighted by molar-refractivity contribution is 0.565. The highest BCUT2D eigenvalue weighted by atomic mass is 35.5. The normalized spacial score (nSPS) is 13.6. The van der Waals surface area contributed by atoms with Gasteiger partial charge < -0.3 is 0 Å². The number of sulfone groups is 1. The molecule has 0 heterocycles. The van der Waals surface area contributed by atoms with Crippen molar-refractivity contribution in [3.8, 4) is 0 Å². The molecule has 130 valence electrons. The average Bonchev–Trinajstić information content (AvgIpc) is 2.48. The van der Waals surface area contributed by atoms with E-state index in [4.69, 9.17) is 11.6 Å². The van der Waals surface area contributed by atoms with Gasteiger partial charge in [-0.05, 0) is 36.2 Å². The molecule has 24 heavy (non-hydrogen) atoms. The topological polar surface area (TPSA) is 80.3 Å². The zero-order valence-electron chi connectivity index (χ0n) is 13.2. The van der Waals surface area contributed by atoms with Crippen molar-refractivity contribution >= 4 is 31.5 Å². The first-order valence-corrected chi connectivity index (χ1v) is 11.0. The van der Waals surface area contributed by atoms with Crippen LogP contribution in [0, 0.1) is 0 Å². The Kier molecular flexibility index (Phi) is 5.70. The molecule has 0 aliphatic heterocycles. The van der Waals surface area contributed by atoms with Gasteiger partial charge in [-0.3, -0.25) is 0 Å². The van der Waals surface area contributed by atoms with Gasteiger partial charge in [0.25, 0.3) is 0 Å². The van der Waals surface area contributed by atoms with Gasteiger partial charge in [-0.25, -0.2) is 21.6 Å². The summed E-state index contributed by atoms with van der Waals surface area (Å²) in [5.41, 5.74) is 1.19. The smallest absolute Gasteiger partial charge is 0.216 e. The second kappa shape index (κ2) is 7.23. The van der Waals surface area contributed by atoms with E-state index >= 15 is 0 Å². The Labute approximate surface area is 147 Å². The Morgan fingerprint density at radius 2 is 1.58 bits per heavy atom. The Bertz CT molecular complexity index is 923. The Hall–Kier alpha value is -1.41. The third-order valence-electron chi connectivity index (χ3n) is 3.47. The van der Waals surface area contributed by atoms with Crippen LogP contribution < -0.4 is 4.72 Å². The van der Waals surface area contributed by atoms with Gasteiger partial charge >= 0.3 is 0 Å². The maximum absolute atomic E-state index is 12.3. The van der Waals surface area contributed by atoms with E-state index in [1.165, 1.54) is 12.1 Å². The molecule has 1 N–H and O–H groups in total. The second-order valence-electron chi connectivity index (χ2n) is 5.53. The van der Waals surface area contributed by atoms with Gasteiger partial charge in [-0.2, -0.15) is 0 Å². The fourth-order valence-electron chi connectivity index (χ4n) is 2.20. The van der Waals surface area contributed by atoms with E-state index in [9.17, 15) is 16.8 Å². The van der Waals surface area contributed by atoms with E-state index in [2.05, 4.69) is 4.72 Å². The lowest BCUT2D eigenvalue weighted by Crippen LogP contribution is -2.28. The number of halogens is 1. The molecule has 0 saturated carbocycles. The third kappa shape index (κ3) is 5.04. The predicted octanol–water partition coefficient (Wildman–Crippen LogP) is 2.92. The zero-order chi connectivity index (χ0) is 18.0. The molecule has 0 bridgehead atoms. The minimum atomic E-state index is -3.60. The molecule has 2 aromatic carbocycles. The molecule has 8 heteroatoms. The predicted molar refractivity (Wildman–Crippen MR) is 95.2 cm³/mol. The first-order valence-electron chi connectivity index (χ1n) is 7.12. The van der Waals surface area contributed by atoms with Crippen LogP contribution in [-0.2, 0) is 25.6 Å². The van der Waals surface area contributed by atoms with Crippen LogP contribution in [0.2, 0.25) is 5.02 Å². The molecule has 0 aromatic heterocycles. The number of rotatable bonds is 6. The Morgan fingerprint density at radius 1 is 1.00 bits per heavy atom. The fraction of sp³-hybridized carbons (Fsp3) is 0.250. The number of nitrogens with one attached hydrogen (secondary N) is 1. The van der Waals surface area contributed by atoms with E-state index in [0.717, 1.165) is 6.26 Å². The van der Waals surface area contributed by atoms with E-state index in [0.29, 0.717) is 16.1 Å². The molecular formula is C16H18ClNO4S2. The van der Waals surface area contributed by atoms with Crippen LogP contribution in [0.15, 0.2) is 53.4 Å². The van der Waals surface area contributed by atoms with Gasteiger partial charge in [-0.1, -0.05) is 41.9 Å². The van der Waals surface area contributed by atoms with Gasteiger partial charge in [0.2, 0.25) is 10.0 Å². The van der Waals surface area contributed by atoms with E-state index in [1.54, 1.807) is 43.3 Å². The van der Waals surface area contributed by atoms with Crippen molar-refractivity contribution in [3.63, 3.8) is 0 Å². The van der Waals surface area contributed by atoms with Crippen LogP contribution in [0.25, 0.3) is 0 Å². The van der Waals surface area contributed by atoms with Crippen LogP contribution in [0.1, 0.15) is 24.1 Å². The third-order valence-corrected chi connectivity index (χ3v) is 6.37. The van der Waals surface area contributed by atoms with Crippen molar-refractivity contribution in [1.82, 2.24) is 4.72 Å². The number of benzene rings is 2. The van der Waals surface area contributed by atoms with Crippen molar-refractivity contribution in [2.24, 2.45) is 0 Å². The second-order valence-corrected chi connectivity index (χ2v) is 9.71. The minimum Gasteiger partial charge on any atom is -0.224 e. The van der Waals surface area contributed by atoms with E-state index < -0.39 is 25.9 Å². The van der Waals surface area contributed by atoms with E-state index in [-0.39, 0.29) is 10.6 Å². The minimum absolute atomic E-state index is 0.192. The molecule has 0 spiro atoms. The van der Waals surface area contributed by atoms with Gasteiger partial charge in [0.05, 0.1) is 10.6 Å². The quantitative estimate of drug-likeness (QED) is 0.826. The van der Waals surface area contributed by atoms with Crippen molar-refractivity contribution < 1.29 is 16.8 Å². The maximum Gasteiger partial charge on any atom is 0.216 e. The summed E-state index contributed by atoms with van der Waals surface area (Å²) in [6.45, 7) is 1.69. The highest BCUT2D eigenvalue weighted by Crippen LogP contribution is 2.20. The van der Waals surface area contributed by atoms with Crippen LogP contribution in [0.3, 0.4) is 0 Å². The average molecular weight is 388 g/mol. The van der Waals surface area contributed by atoms with Crippen molar-refractivity contribution in [1.29, 1.82) is 0 Å². The molecule has 1 unspecified atom stereocenters. The lowest BCUT2D eigenvalue weighted by Gasteiger charge is -2.15. The van der Waals surface area contributed by atoms with Crippen molar-refractivity contribution in [3.05, 3.63) is 64.7 Å². The highest BCUT2D eigenvalue weighted by Gasteiger charge is 2.18. The summed E-state index contributed by atoms with van der Waals surface area (Å²) in [5.74, 6) is -0.224. The number of hydrogen-bond acceptors (Lipinski definition) is 4. The molecule has 2 rings (SSSR count). The maximum atomic E-state index is 12.3. The van der Waals surface area contributed by atoms with Crippen LogP contribution in [0.5, 0.6) is 0 Å². The van der Waals surface area contributed by atoms with Crippen LogP contribution in [-0.4, -0.2) is 23.1 Å². The van der Waals surface area contributed by atoms with Gasteiger partial charge in [0.15, 0.2) is 9.84 Å². The first kappa shape index (κ1) is 18.9. The largest absolute Gasteiger partial charge is 0.224 e. The molecular weight excluding hydrogens is 370 g/mol. The van der Waals surface area contributed by atoms with Gasteiger partial charge in [-0.15, -0.1) is 0 Å². The summed E-state index contributed by atoms with van der Waals surface area (Å²) in [5, 5.41) is 0.396. The molecule has 0 saturated heterocycles. The van der Waals surface area contributed by atoms with Crippen molar-refractivity contribution in [2.75, 3.05) is 6.26 Å². The highest BCUT2D eigenvalue weighted by molar-refractivity contribution is 7.90. The molecule has 1 atom stereocenters. The van der Waals surface area contributed by atoms with Crippen LogP contribution >= 0.6 is 11.6 Å². The molecule has 0 fully saturated rings. The molecule has 0 aliphatic carbocycles. The molecule has 0 amide bonds. The lowest BCUT2D eigenvalue weighted by atomic mass is 10.1. The Balaban J connectivity index is 2.13. The van der Waals surface area contributed by atoms with E-state index in [1.807, 2.05) is 0 Å². The SMILES string of the molecule is CC(NS(=O)(=O)Cc1ccccc1Cl)c1ccc(S(C)(=O)=O)cc1.